The van der Waals surface area contributed by atoms with E-state index in [2.05, 4.69) is 15.9 Å². The van der Waals surface area contributed by atoms with Crippen LogP contribution in [-0.2, 0) is 7.05 Å². The third kappa shape index (κ3) is 1.67. The number of aryl methyl sites for hydroxylation is 1. The van der Waals surface area contributed by atoms with Gasteiger partial charge in [0.1, 0.15) is 0 Å². The van der Waals surface area contributed by atoms with Crippen LogP contribution in [0.25, 0.3) is 11.1 Å². The Morgan fingerprint density at radius 3 is 2.93 bits per heavy atom. The Labute approximate surface area is 95.2 Å². The summed E-state index contributed by atoms with van der Waals surface area (Å²) in [4.78, 5) is 13.3. The minimum atomic E-state index is -0.330. The Morgan fingerprint density at radius 2 is 2.27 bits per heavy atom. The molecule has 0 saturated carbocycles. The lowest BCUT2D eigenvalue weighted by Crippen LogP contribution is -2.13. The molecule has 15 heavy (non-hydrogen) atoms. The monoisotopic (exact) mass is 270 g/mol. The number of hydrogen-bond donors (Lipinski definition) is 0. The predicted octanol–water partition coefficient (Wildman–Crippen LogP) is 1.92. The summed E-state index contributed by atoms with van der Waals surface area (Å²) in [7, 11) is 3.65. The largest absolute Gasteiger partial charge is 0.419 e. The quantitative estimate of drug-likeness (QED) is 0.618. The number of aromatic nitrogens is 1. The van der Waals surface area contributed by atoms with Crippen molar-refractivity contribution in [1.82, 2.24) is 4.57 Å². The Bertz CT molecular complexity index is 544. The van der Waals surface area contributed by atoms with E-state index in [4.69, 9.17) is 4.42 Å². The zero-order chi connectivity index (χ0) is 11.0. The zero-order valence-electron chi connectivity index (χ0n) is 8.53. The van der Waals surface area contributed by atoms with Crippen molar-refractivity contribution in [2.24, 2.45) is 7.05 Å². The second-order valence-corrected chi connectivity index (χ2v) is 3.90. The van der Waals surface area contributed by atoms with Crippen molar-refractivity contribution < 1.29 is 4.42 Å². The highest BCUT2D eigenvalue weighted by Crippen LogP contribution is 2.20. The molecule has 0 radical (unpaired) electrons. The van der Waals surface area contributed by atoms with Crippen LogP contribution in [0.3, 0.4) is 0 Å². The Morgan fingerprint density at radius 1 is 1.53 bits per heavy atom. The highest BCUT2D eigenvalue weighted by atomic mass is 79.9. The van der Waals surface area contributed by atoms with E-state index in [1.165, 1.54) is 4.57 Å². The van der Waals surface area contributed by atoms with Crippen molar-refractivity contribution in [3.63, 3.8) is 0 Å². The second-order valence-electron chi connectivity index (χ2n) is 3.40. The molecule has 1 heterocycles. The smallest absolute Gasteiger partial charge is 0.408 e. The van der Waals surface area contributed by atoms with Crippen LogP contribution >= 0.6 is 15.9 Å². The number of halogens is 1. The molecule has 0 aliphatic heterocycles. The predicted molar refractivity (Wildman–Crippen MR) is 63.7 cm³/mol. The first-order valence-electron chi connectivity index (χ1n) is 4.50. The van der Waals surface area contributed by atoms with Crippen LogP contribution in [0.15, 0.2) is 27.4 Å². The van der Waals surface area contributed by atoms with E-state index >= 15 is 0 Å². The van der Waals surface area contributed by atoms with Crippen LogP contribution in [0.4, 0.5) is 5.69 Å². The van der Waals surface area contributed by atoms with Gasteiger partial charge >= 0.3 is 5.76 Å². The van der Waals surface area contributed by atoms with Gasteiger partial charge in [-0.05, 0) is 12.1 Å². The molecular weight excluding hydrogens is 260 g/mol. The molecule has 2 rings (SSSR count). The van der Waals surface area contributed by atoms with Crippen molar-refractivity contribution in [3.8, 4) is 0 Å². The number of rotatable bonds is 2. The van der Waals surface area contributed by atoms with Crippen LogP contribution < -0.4 is 10.7 Å². The molecule has 0 N–H and O–H groups in total. The maximum absolute atomic E-state index is 11.3. The van der Waals surface area contributed by atoms with Gasteiger partial charge in [-0.15, -0.1) is 0 Å². The average Bonchev–Trinajstić information content (AvgIpc) is 2.53. The fourth-order valence-electron chi connectivity index (χ4n) is 1.43. The number of fused-ring (bicyclic) bond motifs is 1. The van der Waals surface area contributed by atoms with Gasteiger partial charge in [0.25, 0.3) is 0 Å². The molecule has 0 spiro atoms. The van der Waals surface area contributed by atoms with E-state index in [-0.39, 0.29) is 5.76 Å². The van der Waals surface area contributed by atoms with Crippen LogP contribution in [0, 0.1) is 0 Å². The molecular formula is C10H11BrN2O2. The lowest BCUT2D eigenvalue weighted by Gasteiger charge is -2.14. The molecule has 4 nitrogen and oxygen atoms in total. The minimum absolute atomic E-state index is 0.330. The van der Waals surface area contributed by atoms with Gasteiger partial charge in [0.2, 0.25) is 0 Å². The lowest BCUT2D eigenvalue weighted by molar-refractivity contribution is 0.528. The summed E-state index contributed by atoms with van der Waals surface area (Å²) in [5.41, 5.74) is 3.17. The van der Waals surface area contributed by atoms with Gasteiger partial charge in [-0.25, -0.2) is 4.79 Å². The number of hydrogen-bond acceptors (Lipinski definition) is 3. The zero-order valence-corrected chi connectivity index (χ0v) is 10.1. The normalized spacial score (nSPS) is 10.9. The van der Waals surface area contributed by atoms with Crippen molar-refractivity contribution in [2.75, 3.05) is 17.4 Å². The van der Waals surface area contributed by atoms with Gasteiger partial charge in [0, 0.05) is 25.8 Å². The van der Waals surface area contributed by atoms with Gasteiger partial charge in [-0.1, -0.05) is 15.9 Å². The van der Waals surface area contributed by atoms with Gasteiger partial charge in [0.15, 0.2) is 5.58 Å². The summed E-state index contributed by atoms with van der Waals surface area (Å²) in [6.45, 7) is 0. The summed E-state index contributed by atoms with van der Waals surface area (Å²) in [5, 5.41) is 0. The van der Waals surface area contributed by atoms with Gasteiger partial charge in [-0.2, -0.15) is 0 Å². The molecule has 0 aliphatic rings. The maximum Gasteiger partial charge on any atom is 0.419 e. The first-order valence-corrected chi connectivity index (χ1v) is 5.62. The second kappa shape index (κ2) is 3.73. The molecule has 0 saturated heterocycles. The minimum Gasteiger partial charge on any atom is -0.408 e. The van der Waals surface area contributed by atoms with Crippen LogP contribution in [0.1, 0.15) is 0 Å². The highest BCUT2D eigenvalue weighted by molar-refractivity contribution is 9.09. The van der Waals surface area contributed by atoms with Crippen molar-refractivity contribution in [1.29, 1.82) is 0 Å². The van der Waals surface area contributed by atoms with Crippen molar-refractivity contribution in [3.05, 3.63) is 28.7 Å². The molecule has 0 fully saturated rings. The van der Waals surface area contributed by atoms with Crippen LogP contribution in [0.5, 0.6) is 0 Å². The standard InChI is InChI=1S/C10H11BrN2O2/c1-12(6-11)7-3-4-8-9(5-7)15-10(14)13(8)2/h3-5H,6H2,1-2H3. The Hall–Kier alpha value is -1.23. The summed E-state index contributed by atoms with van der Waals surface area (Å²) in [5.74, 6) is -0.330. The van der Waals surface area contributed by atoms with Crippen molar-refractivity contribution in [2.45, 2.75) is 0 Å². The number of alkyl halides is 1. The van der Waals surface area contributed by atoms with E-state index in [9.17, 15) is 4.79 Å². The third-order valence-corrected chi connectivity index (χ3v) is 3.15. The fourth-order valence-corrected chi connectivity index (χ4v) is 1.72. The van der Waals surface area contributed by atoms with Gasteiger partial charge < -0.3 is 9.32 Å². The number of oxazole rings is 1. The molecule has 2 aromatic rings. The maximum atomic E-state index is 11.3. The molecule has 0 bridgehead atoms. The van der Waals surface area contributed by atoms with Gasteiger partial charge in [0.05, 0.1) is 11.0 Å². The summed E-state index contributed by atoms with van der Waals surface area (Å²) >= 11 is 3.36. The highest BCUT2D eigenvalue weighted by Gasteiger charge is 2.07. The van der Waals surface area contributed by atoms with E-state index < -0.39 is 0 Å². The molecule has 0 aliphatic carbocycles. The molecule has 0 amide bonds. The molecule has 0 atom stereocenters. The Kier molecular flexibility index (Phi) is 2.56. The molecule has 1 aromatic heterocycles. The summed E-state index contributed by atoms with van der Waals surface area (Å²) < 4.78 is 6.59. The average molecular weight is 271 g/mol. The number of nitrogens with zero attached hydrogens (tertiary/aromatic N) is 2. The SMILES string of the molecule is CN(CBr)c1ccc2c(c1)oc(=O)n2C. The van der Waals surface area contributed by atoms with E-state index in [0.717, 1.165) is 16.7 Å². The number of anilines is 1. The van der Waals surface area contributed by atoms with Crippen molar-refractivity contribution >= 4 is 32.7 Å². The third-order valence-electron chi connectivity index (χ3n) is 2.40. The number of benzene rings is 1. The van der Waals surface area contributed by atoms with Crippen LogP contribution in [0.2, 0.25) is 0 Å². The fraction of sp³-hybridized carbons (Fsp3) is 0.300. The topological polar surface area (TPSA) is 38.4 Å². The first kappa shape index (κ1) is 10.3. The van der Waals surface area contributed by atoms with E-state index in [0.29, 0.717) is 5.58 Å². The van der Waals surface area contributed by atoms with Crippen LogP contribution in [-0.4, -0.2) is 17.1 Å². The molecule has 0 unspecified atom stereocenters. The summed E-state index contributed by atoms with van der Waals surface area (Å²) in [6, 6.07) is 5.70. The first-order chi connectivity index (χ1) is 7.13. The summed E-state index contributed by atoms with van der Waals surface area (Å²) in [6.07, 6.45) is 0. The van der Waals surface area contributed by atoms with Gasteiger partial charge in [-0.3, -0.25) is 4.57 Å². The van der Waals surface area contributed by atoms with E-state index in [1.54, 1.807) is 7.05 Å². The molecule has 1 aromatic carbocycles. The van der Waals surface area contributed by atoms with E-state index in [1.807, 2.05) is 30.1 Å². The molecule has 5 heteroatoms. The molecule has 80 valence electrons. The Balaban J connectivity index is 2.62. The lowest BCUT2D eigenvalue weighted by atomic mass is 10.3.